The summed E-state index contributed by atoms with van der Waals surface area (Å²) in [4.78, 5) is 25.1. The van der Waals surface area contributed by atoms with Crippen molar-refractivity contribution in [1.82, 2.24) is 10.2 Å². The minimum Gasteiger partial charge on any atom is -0.481 e. The molecule has 1 aliphatic rings. The van der Waals surface area contributed by atoms with Gasteiger partial charge in [-0.3, -0.25) is 14.5 Å². The van der Waals surface area contributed by atoms with E-state index in [-0.39, 0.29) is 24.1 Å². The van der Waals surface area contributed by atoms with Gasteiger partial charge in [0.1, 0.15) is 5.75 Å². The van der Waals surface area contributed by atoms with Gasteiger partial charge in [-0.05, 0) is 36.5 Å². The molecule has 1 heterocycles. The second-order valence-electron chi connectivity index (χ2n) is 6.86. The van der Waals surface area contributed by atoms with Crippen LogP contribution in [0.5, 0.6) is 5.75 Å². The van der Waals surface area contributed by atoms with E-state index in [0.717, 1.165) is 5.56 Å². The number of nitrogens with zero attached hydrogens (tertiary/aromatic N) is 1. The van der Waals surface area contributed by atoms with Gasteiger partial charge >= 0.3 is 12.3 Å². The van der Waals surface area contributed by atoms with Gasteiger partial charge in [-0.1, -0.05) is 19.1 Å². The molecule has 9 heteroatoms. The van der Waals surface area contributed by atoms with Crippen molar-refractivity contribution >= 4 is 11.9 Å². The number of hydrogen-bond donors (Lipinski definition) is 2. The summed E-state index contributed by atoms with van der Waals surface area (Å²) in [7, 11) is 0. The van der Waals surface area contributed by atoms with E-state index in [0.29, 0.717) is 32.5 Å². The first kappa shape index (κ1) is 21.0. The minimum atomic E-state index is -4.72. The number of alkyl halides is 3. The second-order valence-corrected chi connectivity index (χ2v) is 6.86. The maximum Gasteiger partial charge on any atom is 0.573 e. The van der Waals surface area contributed by atoms with Crippen molar-refractivity contribution in [2.24, 2.45) is 11.8 Å². The van der Waals surface area contributed by atoms with Crippen molar-refractivity contribution in [2.45, 2.75) is 26.1 Å². The van der Waals surface area contributed by atoms with Gasteiger partial charge < -0.3 is 15.2 Å². The van der Waals surface area contributed by atoms with E-state index in [1.54, 1.807) is 0 Å². The van der Waals surface area contributed by atoms with Crippen molar-refractivity contribution in [3.63, 3.8) is 0 Å². The van der Waals surface area contributed by atoms with Gasteiger partial charge in [0.15, 0.2) is 0 Å². The van der Waals surface area contributed by atoms with Gasteiger partial charge in [0, 0.05) is 19.6 Å². The van der Waals surface area contributed by atoms with Crippen LogP contribution in [0.25, 0.3) is 0 Å². The molecule has 0 bridgehead atoms. The van der Waals surface area contributed by atoms with Gasteiger partial charge in [-0.15, -0.1) is 13.2 Å². The van der Waals surface area contributed by atoms with Gasteiger partial charge in [0.25, 0.3) is 0 Å². The fourth-order valence-corrected chi connectivity index (χ4v) is 3.23. The van der Waals surface area contributed by atoms with E-state index in [1.165, 1.54) is 24.3 Å². The summed E-state index contributed by atoms with van der Waals surface area (Å²) in [6.45, 7) is 3.47. The Morgan fingerprint density at radius 3 is 2.52 bits per heavy atom. The first-order valence-corrected chi connectivity index (χ1v) is 8.69. The third-order valence-corrected chi connectivity index (χ3v) is 4.34. The second kappa shape index (κ2) is 9.07. The van der Waals surface area contributed by atoms with Crippen LogP contribution >= 0.6 is 0 Å². The minimum absolute atomic E-state index is 0.131. The molecule has 6 nitrogen and oxygen atoms in total. The fourth-order valence-electron chi connectivity index (χ4n) is 3.23. The molecule has 2 N–H and O–H groups in total. The molecule has 2 rings (SSSR count). The van der Waals surface area contributed by atoms with E-state index in [9.17, 15) is 22.8 Å². The lowest BCUT2D eigenvalue weighted by Crippen LogP contribution is -2.47. The third kappa shape index (κ3) is 7.46. The first-order chi connectivity index (χ1) is 12.6. The Kier molecular flexibility index (Phi) is 7.06. The lowest BCUT2D eigenvalue weighted by molar-refractivity contribution is -0.274. The van der Waals surface area contributed by atoms with Crippen molar-refractivity contribution in [3.8, 4) is 5.75 Å². The molecule has 2 unspecified atom stereocenters. The number of likely N-dealkylation sites (tertiary alicyclic amines) is 1. The van der Waals surface area contributed by atoms with Crippen LogP contribution in [0.1, 0.15) is 18.9 Å². The molecule has 1 saturated heterocycles. The quantitative estimate of drug-likeness (QED) is 0.749. The third-order valence-electron chi connectivity index (χ3n) is 4.34. The molecule has 2 atom stereocenters. The highest BCUT2D eigenvalue weighted by Gasteiger charge is 2.31. The molecule has 0 saturated carbocycles. The number of aliphatic carboxylic acids is 1. The number of carboxylic acid groups (broad SMARTS) is 1. The zero-order valence-corrected chi connectivity index (χ0v) is 15.0. The van der Waals surface area contributed by atoms with Gasteiger partial charge in [0.2, 0.25) is 5.91 Å². The number of benzene rings is 1. The smallest absolute Gasteiger partial charge is 0.481 e. The summed E-state index contributed by atoms with van der Waals surface area (Å²) in [5.74, 6) is -1.58. The zero-order chi connectivity index (χ0) is 20.0. The number of carbonyl (C=O) groups is 2. The molecule has 0 spiro atoms. The largest absolute Gasteiger partial charge is 0.573 e. The molecule has 1 aromatic rings. The predicted octanol–water partition coefficient (Wildman–Crippen LogP) is 2.29. The molecular weight excluding hydrogens is 365 g/mol. The Hall–Kier alpha value is -2.29. The van der Waals surface area contributed by atoms with E-state index in [2.05, 4.69) is 10.1 Å². The van der Waals surface area contributed by atoms with E-state index >= 15 is 0 Å². The highest BCUT2D eigenvalue weighted by atomic mass is 19.4. The van der Waals surface area contributed by atoms with E-state index < -0.39 is 18.2 Å². The number of nitrogens with one attached hydrogen (secondary N) is 1. The van der Waals surface area contributed by atoms with E-state index in [4.69, 9.17) is 5.11 Å². The Morgan fingerprint density at radius 2 is 1.93 bits per heavy atom. The van der Waals surface area contributed by atoms with Crippen LogP contribution in [0.4, 0.5) is 13.2 Å². The van der Waals surface area contributed by atoms with Crippen LogP contribution in [0, 0.1) is 11.8 Å². The van der Waals surface area contributed by atoms with Gasteiger partial charge in [-0.2, -0.15) is 0 Å². The van der Waals surface area contributed by atoms with E-state index in [1.807, 2.05) is 11.8 Å². The Labute approximate surface area is 155 Å². The molecule has 1 aromatic carbocycles. The van der Waals surface area contributed by atoms with Crippen molar-refractivity contribution in [3.05, 3.63) is 29.8 Å². The number of piperidine rings is 1. The molecule has 1 aliphatic heterocycles. The number of ether oxygens (including phenoxy) is 1. The Bertz CT molecular complexity index is 649. The Morgan fingerprint density at radius 1 is 1.26 bits per heavy atom. The number of amides is 1. The number of rotatable bonds is 7. The van der Waals surface area contributed by atoms with Crippen molar-refractivity contribution < 1.29 is 32.6 Å². The summed E-state index contributed by atoms with van der Waals surface area (Å²) in [5, 5.41) is 11.9. The lowest BCUT2D eigenvalue weighted by Gasteiger charge is -2.34. The Balaban J connectivity index is 1.73. The number of carbonyl (C=O) groups excluding carboxylic acids is 1. The summed E-state index contributed by atoms with van der Waals surface area (Å²) in [5.41, 5.74) is 0.766. The molecule has 1 fully saturated rings. The summed E-state index contributed by atoms with van der Waals surface area (Å²) in [6.07, 6.45) is -3.64. The standard InChI is InChI=1S/C18H23F3N2O4/c1-12-8-14(17(25)26)10-23(9-12)11-16(24)22-7-6-13-2-4-15(5-3-13)27-18(19,20)21/h2-5,12,14H,6-11H2,1H3,(H,22,24)(H,25,26). The molecule has 150 valence electrons. The number of halogens is 3. The van der Waals surface area contributed by atoms with Crippen LogP contribution in [0.2, 0.25) is 0 Å². The highest BCUT2D eigenvalue weighted by Crippen LogP contribution is 2.23. The van der Waals surface area contributed by atoms with Crippen molar-refractivity contribution in [2.75, 3.05) is 26.2 Å². The van der Waals surface area contributed by atoms with Crippen LogP contribution in [0.3, 0.4) is 0 Å². The normalized spacial score (nSPS) is 20.9. The number of carboxylic acids is 1. The monoisotopic (exact) mass is 388 g/mol. The SMILES string of the molecule is CC1CC(C(=O)O)CN(CC(=O)NCCc2ccc(OC(F)(F)F)cc2)C1. The average Bonchev–Trinajstić information content (AvgIpc) is 2.54. The maximum atomic E-state index is 12.1. The topological polar surface area (TPSA) is 78.9 Å². The fraction of sp³-hybridized carbons (Fsp3) is 0.556. The predicted molar refractivity (Wildman–Crippen MR) is 91.2 cm³/mol. The van der Waals surface area contributed by atoms with Gasteiger partial charge in [0.05, 0.1) is 12.5 Å². The molecule has 27 heavy (non-hydrogen) atoms. The molecule has 0 aromatic heterocycles. The molecule has 0 radical (unpaired) electrons. The van der Waals surface area contributed by atoms with Crippen LogP contribution in [-0.2, 0) is 16.0 Å². The molecule has 0 aliphatic carbocycles. The zero-order valence-electron chi connectivity index (χ0n) is 15.0. The van der Waals surface area contributed by atoms with Crippen LogP contribution < -0.4 is 10.1 Å². The maximum absolute atomic E-state index is 12.1. The summed E-state index contributed by atoms with van der Waals surface area (Å²) < 4.78 is 40.1. The number of hydrogen-bond acceptors (Lipinski definition) is 4. The lowest BCUT2D eigenvalue weighted by atomic mass is 9.90. The highest BCUT2D eigenvalue weighted by molar-refractivity contribution is 5.78. The van der Waals surface area contributed by atoms with Crippen molar-refractivity contribution in [1.29, 1.82) is 0 Å². The van der Waals surface area contributed by atoms with Gasteiger partial charge in [-0.25, -0.2) is 0 Å². The summed E-state index contributed by atoms with van der Waals surface area (Å²) in [6, 6.07) is 5.48. The first-order valence-electron chi connectivity index (χ1n) is 8.69. The van der Waals surface area contributed by atoms with Crippen LogP contribution in [-0.4, -0.2) is 54.4 Å². The molecular formula is C18H23F3N2O4. The summed E-state index contributed by atoms with van der Waals surface area (Å²) >= 11 is 0. The van der Waals surface area contributed by atoms with Crippen LogP contribution in [0.15, 0.2) is 24.3 Å². The molecule has 1 amide bonds. The average molecular weight is 388 g/mol.